The van der Waals surface area contributed by atoms with Crippen molar-refractivity contribution in [2.45, 2.75) is 38.0 Å². The molecular weight excluding hydrogens is 353 g/mol. The number of aliphatic carboxylic acids is 1. The van der Waals surface area contributed by atoms with Gasteiger partial charge < -0.3 is 15.3 Å². The Bertz CT molecular complexity index is 678. The molecule has 1 aliphatic heterocycles. The fraction of sp³-hybridized carbons (Fsp3) is 0.471. The third-order valence-corrected chi connectivity index (χ3v) is 4.33. The molecule has 0 aromatic heterocycles. The Morgan fingerprint density at radius 3 is 2.46 bits per heavy atom. The second-order valence-electron chi connectivity index (χ2n) is 6.25. The highest BCUT2D eigenvalue weighted by Crippen LogP contribution is 2.29. The van der Waals surface area contributed by atoms with E-state index in [0.717, 1.165) is 5.56 Å². The van der Waals surface area contributed by atoms with Crippen molar-refractivity contribution in [1.82, 2.24) is 10.2 Å². The Morgan fingerprint density at radius 1 is 1.31 bits per heavy atom. The summed E-state index contributed by atoms with van der Waals surface area (Å²) in [6.45, 7) is 1.82. The van der Waals surface area contributed by atoms with Crippen molar-refractivity contribution in [3.63, 3.8) is 0 Å². The molecule has 0 spiro atoms. The molecular formula is C17H19F3N2O4. The molecule has 1 aromatic rings. The van der Waals surface area contributed by atoms with Crippen LogP contribution in [0.5, 0.6) is 0 Å². The lowest BCUT2D eigenvalue weighted by molar-refractivity contribution is -0.160. The van der Waals surface area contributed by atoms with Crippen LogP contribution in [-0.4, -0.2) is 46.6 Å². The number of carbonyl (C=O) groups is 3. The fourth-order valence-corrected chi connectivity index (χ4v) is 2.91. The average Bonchev–Trinajstić information content (AvgIpc) is 2.95. The van der Waals surface area contributed by atoms with Crippen molar-refractivity contribution in [2.75, 3.05) is 6.54 Å². The summed E-state index contributed by atoms with van der Waals surface area (Å²) in [5, 5.41) is 10.8. The summed E-state index contributed by atoms with van der Waals surface area (Å²) < 4.78 is 37.3. The molecule has 2 rings (SSSR count). The lowest BCUT2D eigenvalue weighted by Gasteiger charge is -2.25. The number of likely N-dealkylation sites (tertiary alicyclic amines) is 1. The molecule has 2 N–H and O–H groups in total. The molecule has 1 heterocycles. The summed E-state index contributed by atoms with van der Waals surface area (Å²) in [5.74, 6) is -3.82. The zero-order chi connectivity index (χ0) is 19.5. The second-order valence-corrected chi connectivity index (χ2v) is 6.25. The monoisotopic (exact) mass is 372 g/mol. The van der Waals surface area contributed by atoms with E-state index in [1.54, 1.807) is 6.92 Å². The van der Waals surface area contributed by atoms with E-state index in [1.807, 2.05) is 35.6 Å². The maximum absolute atomic E-state index is 12.4. The summed E-state index contributed by atoms with van der Waals surface area (Å²) in [4.78, 5) is 36.8. The van der Waals surface area contributed by atoms with E-state index in [4.69, 9.17) is 5.11 Å². The Balaban J connectivity index is 2.02. The molecule has 3 atom stereocenters. The van der Waals surface area contributed by atoms with E-state index in [0.29, 0.717) is 0 Å². The van der Waals surface area contributed by atoms with Crippen molar-refractivity contribution in [2.24, 2.45) is 5.92 Å². The van der Waals surface area contributed by atoms with Gasteiger partial charge in [-0.05, 0) is 12.5 Å². The highest BCUT2D eigenvalue weighted by molar-refractivity contribution is 5.91. The molecule has 0 aliphatic carbocycles. The number of carboxylic acids is 1. The number of benzene rings is 1. The number of hydrogen-bond donors (Lipinski definition) is 2. The molecule has 9 heteroatoms. The molecule has 0 bridgehead atoms. The van der Waals surface area contributed by atoms with Crippen LogP contribution in [0.1, 0.15) is 31.4 Å². The zero-order valence-corrected chi connectivity index (χ0v) is 14.0. The van der Waals surface area contributed by atoms with E-state index in [1.165, 1.54) is 4.90 Å². The van der Waals surface area contributed by atoms with Crippen LogP contribution in [0.15, 0.2) is 30.3 Å². The van der Waals surface area contributed by atoms with E-state index in [9.17, 15) is 27.6 Å². The Labute approximate surface area is 148 Å². The van der Waals surface area contributed by atoms with Gasteiger partial charge in [0.2, 0.25) is 11.8 Å². The van der Waals surface area contributed by atoms with Gasteiger partial charge in [-0.1, -0.05) is 30.3 Å². The van der Waals surface area contributed by atoms with Crippen LogP contribution in [0.2, 0.25) is 0 Å². The first kappa shape index (κ1) is 19.7. The predicted molar refractivity (Wildman–Crippen MR) is 84.9 cm³/mol. The lowest BCUT2D eigenvalue weighted by atomic mass is 10.1. The third kappa shape index (κ3) is 4.96. The van der Waals surface area contributed by atoms with Crippen LogP contribution in [0.25, 0.3) is 0 Å². The number of rotatable bonds is 6. The summed E-state index contributed by atoms with van der Waals surface area (Å²) >= 11 is 0. The van der Waals surface area contributed by atoms with Crippen LogP contribution >= 0.6 is 0 Å². The Hall–Kier alpha value is -2.58. The summed E-state index contributed by atoms with van der Waals surface area (Å²) in [6, 6.07) is 6.73. The van der Waals surface area contributed by atoms with Crippen LogP contribution in [-0.2, 0) is 14.4 Å². The number of alkyl halides is 3. The predicted octanol–water partition coefficient (Wildman–Crippen LogP) is 2.12. The summed E-state index contributed by atoms with van der Waals surface area (Å²) in [5.41, 5.74) is 0.863. The van der Waals surface area contributed by atoms with E-state index < -0.39 is 36.4 Å². The van der Waals surface area contributed by atoms with Crippen molar-refractivity contribution in [1.29, 1.82) is 0 Å². The minimum absolute atomic E-state index is 0.0269. The van der Waals surface area contributed by atoms with Gasteiger partial charge in [0.1, 0.15) is 6.04 Å². The van der Waals surface area contributed by atoms with Gasteiger partial charge in [-0.2, -0.15) is 13.2 Å². The van der Waals surface area contributed by atoms with Crippen molar-refractivity contribution in [3.05, 3.63) is 35.9 Å². The van der Waals surface area contributed by atoms with Crippen LogP contribution in [0.4, 0.5) is 13.2 Å². The van der Waals surface area contributed by atoms with Gasteiger partial charge in [-0.15, -0.1) is 0 Å². The average molecular weight is 372 g/mol. The Kier molecular flexibility index (Phi) is 5.89. The molecule has 1 aliphatic rings. The fourth-order valence-electron chi connectivity index (χ4n) is 2.91. The molecule has 1 fully saturated rings. The Morgan fingerprint density at radius 2 is 1.92 bits per heavy atom. The normalized spacial score (nSPS) is 19.9. The number of nitrogens with zero attached hydrogens (tertiary/aromatic N) is 1. The first-order chi connectivity index (χ1) is 12.1. The molecule has 26 heavy (non-hydrogen) atoms. The summed E-state index contributed by atoms with van der Waals surface area (Å²) in [6.07, 6.45) is -6.56. The number of halogens is 3. The van der Waals surface area contributed by atoms with Gasteiger partial charge in [-0.25, -0.2) is 4.79 Å². The summed E-state index contributed by atoms with van der Waals surface area (Å²) in [7, 11) is 0. The van der Waals surface area contributed by atoms with Gasteiger partial charge >= 0.3 is 12.1 Å². The first-order valence-corrected chi connectivity index (χ1v) is 8.03. The molecule has 3 unspecified atom stereocenters. The zero-order valence-electron chi connectivity index (χ0n) is 14.0. The number of hydrogen-bond acceptors (Lipinski definition) is 3. The standard InChI is InChI=1S/C17H19F3N2O4/c1-10(11-5-3-2-4-6-11)22-9-12(7-14(22)23)15(24)21-13(16(25)26)8-17(18,19)20/h2-6,10,12-13H,7-9H2,1H3,(H,21,24)(H,25,26). The molecule has 0 saturated carbocycles. The molecule has 1 aromatic carbocycles. The van der Waals surface area contributed by atoms with Crippen molar-refractivity contribution in [3.8, 4) is 0 Å². The maximum atomic E-state index is 12.4. The van der Waals surface area contributed by atoms with E-state index in [-0.39, 0.29) is 24.9 Å². The van der Waals surface area contributed by atoms with Gasteiger partial charge in [0, 0.05) is 13.0 Å². The van der Waals surface area contributed by atoms with Crippen LogP contribution in [0.3, 0.4) is 0 Å². The first-order valence-electron chi connectivity index (χ1n) is 8.03. The minimum atomic E-state index is -4.73. The lowest BCUT2D eigenvalue weighted by Crippen LogP contribution is -2.46. The largest absolute Gasteiger partial charge is 0.480 e. The SMILES string of the molecule is CC(c1ccccc1)N1CC(C(=O)NC(CC(F)(F)F)C(=O)O)CC1=O. The maximum Gasteiger partial charge on any atom is 0.391 e. The smallest absolute Gasteiger partial charge is 0.391 e. The third-order valence-electron chi connectivity index (χ3n) is 4.33. The van der Waals surface area contributed by atoms with Crippen molar-refractivity contribution >= 4 is 17.8 Å². The van der Waals surface area contributed by atoms with Gasteiger partial charge in [-0.3, -0.25) is 9.59 Å². The van der Waals surface area contributed by atoms with Crippen molar-refractivity contribution < 1.29 is 32.7 Å². The molecule has 0 radical (unpaired) electrons. The number of nitrogens with one attached hydrogen (secondary N) is 1. The molecule has 6 nitrogen and oxygen atoms in total. The minimum Gasteiger partial charge on any atom is -0.480 e. The highest BCUT2D eigenvalue weighted by atomic mass is 19.4. The second kappa shape index (κ2) is 7.76. The van der Waals surface area contributed by atoms with Gasteiger partial charge in [0.05, 0.1) is 18.4 Å². The van der Waals surface area contributed by atoms with Gasteiger partial charge in [0.15, 0.2) is 0 Å². The van der Waals surface area contributed by atoms with Crippen LogP contribution in [0, 0.1) is 5.92 Å². The molecule has 142 valence electrons. The highest BCUT2D eigenvalue weighted by Gasteiger charge is 2.40. The quantitative estimate of drug-likeness (QED) is 0.801. The number of carboxylic acid groups (broad SMARTS) is 1. The molecule has 2 amide bonds. The van der Waals surface area contributed by atoms with Gasteiger partial charge in [0.25, 0.3) is 0 Å². The van der Waals surface area contributed by atoms with E-state index >= 15 is 0 Å². The molecule has 1 saturated heterocycles. The topological polar surface area (TPSA) is 86.7 Å². The van der Waals surface area contributed by atoms with E-state index in [2.05, 4.69) is 0 Å². The number of amides is 2. The van der Waals surface area contributed by atoms with Crippen LogP contribution < -0.4 is 5.32 Å². The number of carbonyl (C=O) groups excluding carboxylic acids is 2.